The van der Waals surface area contributed by atoms with Gasteiger partial charge in [-0.1, -0.05) is 13.8 Å². The molecule has 1 aromatic rings. The van der Waals surface area contributed by atoms with Crippen molar-refractivity contribution in [2.75, 3.05) is 4.90 Å². The Hall–Kier alpha value is -1.19. The molecule has 0 spiro atoms. The van der Waals surface area contributed by atoms with E-state index in [4.69, 9.17) is 0 Å². The number of nitrogens with zero attached hydrogens (tertiary/aromatic N) is 4. The van der Waals surface area contributed by atoms with E-state index in [1.54, 1.807) is 0 Å². The maximum Gasteiger partial charge on any atom is 0.170 e. The van der Waals surface area contributed by atoms with Crippen LogP contribution in [-0.4, -0.2) is 27.3 Å². The van der Waals surface area contributed by atoms with E-state index in [1.807, 2.05) is 6.20 Å². The minimum absolute atomic E-state index is 0.632. The molecule has 4 heteroatoms. The van der Waals surface area contributed by atoms with E-state index >= 15 is 0 Å². The lowest BCUT2D eigenvalue weighted by atomic mass is 10.00. The molecular formula is C11H16N4. The molecule has 15 heavy (non-hydrogen) atoms. The average Bonchev–Trinajstić information content (AvgIpc) is 2.91. The summed E-state index contributed by atoms with van der Waals surface area (Å²) in [6.07, 6.45) is 5.98. The quantitative estimate of drug-likeness (QED) is 0.732. The van der Waals surface area contributed by atoms with Gasteiger partial charge >= 0.3 is 0 Å². The van der Waals surface area contributed by atoms with E-state index in [9.17, 15) is 0 Å². The van der Waals surface area contributed by atoms with Gasteiger partial charge in [0.15, 0.2) is 5.82 Å². The highest BCUT2D eigenvalue weighted by Gasteiger charge is 2.53. The standard InChI is InChI=1S/C11H16N4/c1-7(2)9-3-8-4-10(8)15(9)11-5-12-6-13-14-11/h5-10H,3-4H2,1-2H3. The monoisotopic (exact) mass is 204 g/mol. The molecule has 0 radical (unpaired) electrons. The second kappa shape index (κ2) is 3.15. The van der Waals surface area contributed by atoms with Crippen molar-refractivity contribution in [1.29, 1.82) is 0 Å². The van der Waals surface area contributed by atoms with Crippen LogP contribution in [0.25, 0.3) is 0 Å². The summed E-state index contributed by atoms with van der Waals surface area (Å²) >= 11 is 0. The third-order valence-corrected chi connectivity index (χ3v) is 3.65. The molecule has 1 aromatic heterocycles. The zero-order valence-electron chi connectivity index (χ0n) is 9.17. The smallest absolute Gasteiger partial charge is 0.170 e. The summed E-state index contributed by atoms with van der Waals surface area (Å²) in [6, 6.07) is 1.35. The summed E-state index contributed by atoms with van der Waals surface area (Å²) in [5, 5.41) is 8.06. The van der Waals surface area contributed by atoms with Crippen LogP contribution in [0.5, 0.6) is 0 Å². The van der Waals surface area contributed by atoms with Gasteiger partial charge in [-0.15, -0.1) is 10.2 Å². The second-order valence-corrected chi connectivity index (χ2v) is 4.98. The summed E-state index contributed by atoms with van der Waals surface area (Å²) in [5.41, 5.74) is 0. The van der Waals surface area contributed by atoms with Gasteiger partial charge in [0.2, 0.25) is 0 Å². The van der Waals surface area contributed by atoms with Crippen molar-refractivity contribution in [2.45, 2.75) is 38.8 Å². The number of anilines is 1. The highest BCUT2D eigenvalue weighted by Crippen LogP contribution is 2.50. The molecule has 0 N–H and O–H groups in total. The fourth-order valence-corrected chi connectivity index (χ4v) is 2.79. The molecule has 3 rings (SSSR count). The van der Waals surface area contributed by atoms with Crippen LogP contribution in [0.3, 0.4) is 0 Å². The summed E-state index contributed by atoms with van der Waals surface area (Å²) < 4.78 is 0. The predicted octanol–water partition coefficient (Wildman–Crippen LogP) is 1.49. The average molecular weight is 204 g/mol. The van der Waals surface area contributed by atoms with Crippen LogP contribution in [-0.2, 0) is 0 Å². The van der Waals surface area contributed by atoms with Crippen molar-refractivity contribution in [3.05, 3.63) is 12.5 Å². The van der Waals surface area contributed by atoms with Gasteiger partial charge < -0.3 is 4.90 Å². The van der Waals surface area contributed by atoms with Crippen LogP contribution in [0, 0.1) is 11.8 Å². The topological polar surface area (TPSA) is 41.9 Å². The molecule has 3 unspecified atom stereocenters. The Morgan fingerprint density at radius 2 is 2.27 bits per heavy atom. The molecule has 1 aliphatic carbocycles. The van der Waals surface area contributed by atoms with Crippen LogP contribution in [0.4, 0.5) is 5.82 Å². The first-order valence-electron chi connectivity index (χ1n) is 5.68. The minimum atomic E-state index is 0.632. The highest BCUT2D eigenvalue weighted by atomic mass is 15.3. The second-order valence-electron chi connectivity index (χ2n) is 4.98. The Bertz CT molecular complexity index is 351. The normalized spacial score (nSPS) is 33.3. The van der Waals surface area contributed by atoms with Crippen LogP contribution in [0.15, 0.2) is 12.5 Å². The largest absolute Gasteiger partial charge is 0.347 e. The third-order valence-electron chi connectivity index (χ3n) is 3.65. The van der Waals surface area contributed by atoms with E-state index < -0.39 is 0 Å². The van der Waals surface area contributed by atoms with Gasteiger partial charge in [-0.25, -0.2) is 4.98 Å². The molecule has 2 fully saturated rings. The zero-order valence-corrected chi connectivity index (χ0v) is 9.17. The van der Waals surface area contributed by atoms with Crippen molar-refractivity contribution in [3.63, 3.8) is 0 Å². The molecule has 1 aliphatic heterocycles. The van der Waals surface area contributed by atoms with E-state index in [0.29, 0.717) is 12.0 Å². The first-order valence-corrected chi connectivity index (χ1v) is 5.68. The van der Waals surface area contributed by atoms with Crippen LogP contribution >= 0.6 is 0 Å². The molecule has 80 valence electrons. The molecule has 1 saturated carbocycles. The van der Waals surface area contributed by atoms with Crippen molar-refractivity contribution in [3.8, 4) is 0 Å². The Morgan fingerprint density at radius 3 is 2.93 bits per heavy atom. The highest BCUT2D eigenvalue weighted by molar-refractivity contribution is 5.44. The van der Waals surface area contributed by atoms with Gasteiger partial charge in [0.1, 0.15) is 6.33 Å². The van der Waals surface area contributed by atoms with Gasteiger partial charge in [-0.05, 0) is 24.7 Å². The van der Waals surface area contributed by atoms with Crippen molar-refractivity contribution in [1.82, 2.24) is 15.2 Å². The molecule has 0 aromatic carbocycles. The molecule has 0 bridgehead atoms. The molecule has 0 amide bonds. The van der Waals surface area contributed by atoms with E-state index in [1.165, 1.54) is 19.2 Å². The van der Waals surface area contributed by atoms with Crippen molar-refractivity contribution < 1.29 is 0 Å². The molecule has 1 saturated heterocycles. The van der Waals surface area contributed by atoms with Crippen LogP contribution in [0.2, 0.25) is 0 Å². The lowest BCUT2D eigenvalue weighted by Crippen LogP contribution is -2.37. The molecule has 2 aliphatic rings. The maximum atomic E-state index is 4.18. The molecule has 2 heterocycles. The van der Waals surface area contributed by atoms with Crippen LogP contribution in [0.1, 0.15) is 26.7 Å². The first kappa shape index (κ1) is 9.07. The number of hydrogen-bond donors (Lipinski definition) is 0. The van der Waals surface area contributed by atoms with Gasteiger partial charge in [0, 0.05) is 12.1 Å². The fourth-order valence-electron chi connectivity index (χ4n) is 2.79. The SMILES string of the molecule is CC(C)C1CC2CC2N1c1cncnn1. The predicted molar refractivity (Wildman–Crippen MR) is 57.4 cm³/mol. The number of fused-ring (bicyclic) bond motifs is 1. The first-order chi connectivity index (χ1) is 7.27. The third kappa shape index (κ3) is 1.39. The molecular weight excluding hydrogens is 188 g/mol. The van der Waals surface area contributed by atoms with E-state index in [0.717, 1.165) is 17.8 Å². The Balaban J connectivity index is 1.90. The number of hydrogen-bond acceptors (Lipinski definition) is 4. The lowest BCUT2D eigenvalue weighted by molar-refractivity contribution is 0.454. The van der Waals surface area contributed by atoms with Crippen molar-refractivity contribution >= 4 is 5.82 Å². The summed E-state index contributed by atoms with van der Waals surface area (Å²) in [4.78, 5) is 6.50. The fraction of sp³-hybridized carbons (Fsp3) is 0.727. The summed E-state index contributed by atoms with van der Waals surface area (Å²) in [5.74, 6) is 2.54. The number of rotatable bonds is 2. The number of aromatic nitrogens is 3. The van der Waals surface area contributed by atoms with E-state index in [2.05, 4.69) is 33.9 Å². The Kier molecular flexibility index (Phi) is 1.90. The van der Waals surface area contributed by atoms with Gasteiger partial charge in [-0.3, -0.25) is 0 Å². The van der Waals surface area contributed by atoms with E-state index in [-0.39, 0.29) is 0 Å². The minimum Gasteiger partial charge on any atom is -0.347 e. The molecule has 3 atom stereocenters. The molecule has 4 nitrogen and oxygen atoms in total. The van der Waals surface area contributed by atoms with Crippen molar-refractivity contribution in [2.24, 2.45) is 11.8 Å². The maximum absolute atomic E-state index is 4.18. The Labute approximate surface area is 89.7 Å². The lowest BCUT2D eigenvalue weighted by Gasteiger charge is -2.30. The summed E-state index contributed by atoms with van der Waals surface area (Å²) in [6.45, 7) is 4.57. The Morgan fingerprint density at radius 1 is 1.40 bits per heavy atom. The summed E-state index contributed by atoms with van der Waals surface area (Å²) in [7, 11) is 0. The van der Waals surface area contributed by atoms with Crippen LogP contribution < -0.4 is 4.90 Å². The zero-order chi connectivity index (χ0) is 10.4. The van der Waals surface area contributed by atoms with Gasteiger partial charge in [0.25, 0.3) is 0 Å². The number of piperidine rings is 1. The van der Waals surface area contributed by atoms with Gasteiger partial charge in [0.05, 0.1) is 6.20 Å². The van der Waals surface area contributed by atoms with Gasteiger partial charge in [-0.2, -0.15) is 0 Å².